The van der Waals surface area contributed by atoms with Gasteiger partial charge in [-0.15, -0.1) is 0 Å². The van der Waals surface area contributed by atoms with E-state index in [2.05, 4.69) is 15.0 Å². The molecule has 1 fully saturated rings. The maximum absolute atomic E-state index is 15.2. The van der Waals surface area contributed by atoms with Crippen molar-refractivity contribution < 1.29 is 9.50 Å². The summed E-state index contributed by atoms with van der Waals surface area (Å²) in [5, 5.41) is 11.9. The number of nitrogens with zero attached hydrogens (tertiary/aromatic N) is 3. The number of rotatable bonds is 5. The zero-order valence-corrected chi connectivity index (χ0v) is 20.9. The average Bonchev–Trinajstić information content (AvgIpc) is 3.72. The van der Waals surface area contributed by atoms with Crippen LogP contribution < -0.4 is 11.3 Å². The van der Waals surface area contributed by atoms with Crippen LogP contribution in [0.4, 0.5) is 10.3 Å². The Hall–Kier alpha value is -4.82. The van der Waals surface area contributed by atoms with Gasteiger partial charge in [0.2, 0.25) is 5.95 Å². The molecule has 4 N–H and O–H groups in total. The Morgan fingerprint density at radius 1 is 1.00 bits per heavy atom. The van der Waals surface area contributed by atoms with Crippen molar-refractivity contribution in [1.82, 2.24) is 19.5 Å². The minimum Gasteiger partial charge on any atom is -0.392 e. The lowest BCUT2D eigenvalue weighted by Crippen LogP contribution is -2.20. The Morgan fingerprint density at radius 2 is 1.82 bits per heavy atom. The van der Waals surface area contributed by atoms with E-state index in [-0.39, 0.29) is 17.9 Å². The van der Waals surface area contributed by atoms with E-state index < -0.39 is 11.4 Å². The molecule has 1 saturated carbocycles. The lowest BCUT2D eigenvalue weighted by molar-refractivity contribution is 0.282. The number of anilines is 1. The standard InChI is InChI=1S/C31H24FN5O2/c32-24-14-20(17-9-10-17)13-19-11-12-37(30(39)26(19)24)25-8-4-7-21(23(25)16-38)28-27-22(18-5-2-1-3-6-18)15-34-29(27)36-31(33)35-28/h1-8,11-15,17,38H,9-10,16H2,(H3,33,34,35,36). The Balaban J connectivity index is 1.46. The van der Waals surface area contributed by atoms with Crippen LogP contribution in [0, 0.1) is 5.82 Å². The van der Waals surface area contributed by atoms with Gasteiger partial charge >= 0.3 is 0 Å². The minimum absolute atomic E-state index is 0.0295. The molecule has 192 valence electrons. The summed E-state index contributed by atoms with van der Waals surface area (Å²) in [6, 6.07) is 20.3. The number of H-pyrrole nitrogens is 1. The van der Waals surface area contributed by atoms with E-state index in [9.17, 15) is 9.90 Å². The Bertz CT molecular complexity index is 1960. The van der Waals surface area contributed by atoms with Crippen molar-refractivity contribution in [2.45, 2.75) is 25.4 Å². The van der Waals surface area contributed by atoms with Crippen LogP contribution in [0.2, 0.25) is 0 Å². The smallest absolute Gasteiger partial charge is 0.265 e. The van der Waals surface area contributed by atoms with Gasteiger partial charge in [-0.2, -0.15) is 4.98 Å². The molecule has 3 aromatic heterocycles. The fraction of sp³-hybridized carbons (Fsp3) is 0.129. The highest BCUT2D eigenvalue weighted by Gasteiger charge is 2.26. The summed E-state index contributed by atoms with van der Waals surface area (Å²) in [7, 11) is 0. The molecule has 0 unspecified atom stereocenters. The number of aromatic nitrogens is 4. The number of hydrogen-bond acceptors (Lipinski definition) is 5. The van der Waals surface area contributed by atoms with E-state index in [0.717, 1.165) is 34.9 Å². The van der Waals surface area contributed by atoms with E-state index in [1.807, 2.05) is 48.7 Å². The summed E-state index contributed by atoms with van der Waals surface area (Å²) in [6.45, 7) is -0.379. The molecule has 0 saturated heterocycles. The van der Waals surface area contributed by atoms with Crippen LogP contribution >= 0.6 is 0 Å². The molecule has 7 rings (SSSR count). The Labute approximate surface area is 222 Å². The number of aliphatic hydroxyl groups is 1. The maximum Gasteiger partial charge on any atom is 0.265 e. The van der Waals surface area contributed by atoms with E-state index >= 15 is 4.39 Å². The fourth-order valence-corrected chi connectivity index (χ4v) is 5.47. The van der Waals surface area contributed by atoms with Gasteiger partial charge in [0.15, 0.2) is 0 Å². The summed E-state index contributed by atoms with van der Waals surface area (Å²) in [6.07, 6.45) is 5.58. The quantitative estimate of drug-likeness (QED) is 0.272. The lowest BCUT2D eigenvalue weighted by atomic mass is 9.97. The SMILES string of the molecule is Nc1nc(-c2cccc(-n3ccc4cc(C5CC5)cc(F)c4c3=O)c2CO)c2c(-c3ccccc3)c[nH]c2n1. The van der Waals surface area contributed by atoms with Crippen molar-refractivity contribution in [1.29, 1.82) is 0 Å². The van der Waals surface area contributed by atoms with Gasteiger partial charge in [-0.1, -0.05) is 48.5 Å². The van der Waals surface area contributed by atoms with Crippen molar-refractivity contribution in [2.24, 2.45) is 0 Å². The topological polar surface area (TPSA) is 110 Å². The molecule has 39 heavy (non-hydrogen) atoms. The second-order valence-corrected chi connectivity index (χ2v) is 9.92. The monoisotopic (exact) mass is 517 g/mol. The van der Waals surface area contributed by atoms with Crippen molar-refractivity contribution in [3.05, 3.63) is 106 Å². The number of aliphatic hydroxyl groups excluding tert-OH is 1. The fourth-order valence-electron chi connectivity index (χ4n) is 5.47. The molecule has 0 spiro atoms. The van der Waals surface area contributed by atoms with Gasteiger partial charge in [0.1, 0.15) is 11.5 Å². The molecule has 1 aliphatic rings. The molecule has 6 aromatic rings. The number of aromatic amines is 1. The van der Waals surface area contributed by atoms with Gasteiger partial charge in [0.25, 0.3) is 5.56 Å². The van der Waals surface area contributed by atoms with Crippen LogP contribution in [-0.4, -0.2) is 24.6 Å². The first kappa shape index (κ1) is 23.3. The molecular formula is C31H24FN5O2. The highest BCUT2D eigenvalue weighted by molar-refractivity contribution is 6.03. The second-order valence-electron chi connectivity index (χ2n) is 9.92. The van der Waals surface area contributed by atoms with Crippen LogP contribution in [-0.2, 0) is 6.61 Å². The summed E-state index contributed by atoms with van der Waals surface area (Å²) < 4.78 is 16.6. The molecule has 7 nitrogen and oxygen atoms in total. The first-order valence-corrected chi connectivity index (χ1v) is 12.8. The van der Waals surface area contributed by atoms with E-state index in [1.165, 1.54) is 10.6 Å². The van der Waals surface area contributed by atoms with Crippen LogP contribution in [0.1, 0.15) is 29.9 Å². The van der Waals surface area contributed by atoms with Crippen LogP contribution in [0.25, 0.3) is 49.9 Å². The minimum atomic E-state index is -0.527. The first-order valence-electron chi connectivity index (χ1n) is 12.8. The van der Waals surface area contributed by atoms with E-state index in [4.69, 9.17) is 5.73 Å². The number of pyridine rings is 1. The molecule has 3 aromatic carbocycles. The number of nitrogens with two attached hydrogens (primary N) is 1. The third kappa shape index (κ3) is 3.80. The van der Waals surface area contributed by atoms with Gasteiger partial charge in [-0.05, 0) is 53.5 Å². The van der Waals surface area contributed by atoms with E-state index in [0.29, 0.717) is 39.5 Å². The van der Waals surface area contributed by atoms with Gasteiger partial charge in [0, 0.05) is 29.1 Å². The van der Waals surface area contributed by atoms with Gasteiger partial charge in [-0.25, -0.2) is 9.37 Å². The molecule has 0 amide bonds. The van der Waals surface area contributed by atoms with Crippen LogP contribution in [0.3, 0.4) is 0 Å². The average molecular weight is 518 g/mol. The normalized spacial score (nSPS) is 13.4. The van der Waals surface area contributed by atoms with Gasteiger partial charge < -0.3 is 15.8 Å². The van der Waals surface area contributed by atoms with Crippen molar-refractivity contribution in [3.8, 4) is 28.1 Å². The molecule has 1 aliphatic carbocycles. The molecule has 0 radical (unpaired) electrons. The number of hydrogen-bond donors (Lipinski definition) is 3. The predicted octanol–water partition coefficient (Wildman–Crippen LogP) is 5.69. The zero-order chi connectivity index (χ0) is 26.7. The number of benzene rings is 3. The molecule has 0 bridgehead atoms. The van der Waals surface area contributed by atoms with Crippen molar-refractivity contribution in [3.63, 3.8) is 0 Å². The predicted molar refractivity (Wildman–Crippen MR) is 150 cm³/mol. The largest absolute Gasteiger partial charge is 0.392 e. The van der Waals surface area contributed by atoms with Gasteiger partial charge in [-0.3, -0.25) is 9.36 Å². The summed E-state index contributed by atoms with van der Waals surface area (Å²) >= 11 is 0. The molecule has 3 heterocycles. The third-order valence-corrected chi connectivity index (χ3v) is 7.49. The molecule has 0 aliphatic heterocycles. The van der Waals surface area contributed by atoms with Crippen molar-refractivity contribution in [2.75, 3.05) is 5.73 Å². The Kier molecular flexibility index (Phi) is 5.31. The summed E-state index contributed by atoms with van der Waals surface area (Å²) in [5.41, 5.74) is 11.0. The second kappa shape index (κ2) is 8.89. The Morgan fingerprint density at radius 3 is 2.59 bits per heavy atom. The van der Waals surface area contributed by atoms with Crippen LogP contribution in [0.15, 0.2) is 83.9 Å². The lowest BCUT2D eigenvalue weighted by Gasteiger charge is -2.16. The highest BCUT2D eigenvalue weighted by atomic mass is 19.1. The summed E-state index contributed by atoms with van der Waals surface area (Å²) in [4.78, 5) is 25.8. The van der Waals surface area contributed by atoms with E-state index in [1.54, 1.807) is 24.4 Å². The van der Waals surface area contributed by atoms with Gasteiger partial charge in [0.05, 0.1) is 28.8 Å². The maximum atomic E-state index is 15.2. The number of nitrogen functional groups attached to an aromatic ring is 1. The zero-order valence-electron chi connectivity index (χ0n) is 20.9. The summed E-state index contributed by atoms with van der Waals surface area (Å²) in [5.74, 6) is -0.0828. The van der Waals surface area contributed by atoms with Crippen molar-refractivity contribution >= 4 is 27.8 Å². The number of nitrogens with one attached hydrogen (secondary N) is 1. The number of fused-ring (bicyclic) bond motifs is 2. The van der Waals surface area contributed by atoms with Crippen LogP contribution in [0.5, 0.6) is 0 Å². The third-order valence-electron chi connectivity index (χ3n) is 7.49. The molecule has 0 atom stereocenters. The first-order chi connectivity index (χ1) is 19.0. The number of halogens is 1. The molecular weight excluding hydrogens is 493 g/mol. The molecule has 8 heteroatoms. The highest BCUT2D eigenvalue weighted by Crippen LogP contribution is 2.41.